The number of alkyl halides is 1. The van der Waals surface area contributed by atoms with Crippen LogP contribution in [0.1, 0.15) is 16.1 Å². The Kier molecular flexibility index (Phi) is 7.73. The van der Waals surface area contributed by atoms with E-state index in [4.69, 9.17) is 16.4 Å². The fourth-order valence-corrected chi connectivity index (χ4v) is 3.55. The summed E-state index contributed by atoms with van der Waals surface area (Å²) < 4.78 is 0. The van der Waals surface area contributed by atoms with Gasteiger partial charge in [-0.3, -0.25) is 19.2 Å². The van der Waals surface area contributed by atoms with Crippen LogP contribution >= 0.6 is 22.9 Å². The van der Waals surface area contributed by atoms with Gasteiger partial charge in [-0.05, 0) is 12.1 Å². The van der Waals surface area contributed by atoms with E-state index in [9.17, 15) is 19.2 Å². The number of halogens is 1. The highest BCUT2D eigenvalue weighted by Crippen LogP contribution is 2.17. The first kappa shape index (κ1) is 23.2. The fourth-order valence-electron chi connectivity index (χ4n) is 2.77. The number of β-lactam (4-membered cyclic amide) rings is 1. The van der Waals surface area contributed by atoms with Gasteiger partial charge in [-0.2, -0.15) is 0 Å². The number of aromatic nitrogens is 1. The van der Waals surface area contributed by atoms with Gasteiger partial charge in [0.2, 0.25) is 11.8 Å². The molecule has 2 heterocycles. The predicted molar refractivity (Wildman–Crippen MR) is 118 cm³/mol. The van der Waals surface area contributed by atoms with Crippen molar-refractivity contribution in [3.63, 3.8) is 0 Å². The highest BCUT2D eigenvalue weighted by atomic mass is 35.5. The maximum atomic E-state index is 12.7. The molecule has 168 valence electrons. The Morgan fingerprint density at radius 1 is 1.28 bits per heavy atom. The highest BCUT2D eigenvalue weighted by molar-refractivity contribution is 7.14. The van der Waals surface area contributed by atoms with Crippen molar-refractivity contribution in [2.75, 3.05) is 24.9 Å². The zero-order valence-electron chi connectivity index (χ0n) is 16.8. The minimum atomic E-state index is -0.880. The van der Waals surface area contributed by atoms with Gasteiger partial charge in [0.15, 0.2) is 10.8 Å². The molecule has 1 fully saturated rings. The lowest BCUT2D eigenvalue weighted by Gasteiger charge is -2.37. The standard InChI is InChI=1S/C19H19ClN6O5S/c1-31-26-15(12-9-32-19(23-12)24-13(27)7-20)18(30)25-14-11(22-17(14)29)8-21-16(28)10-5-3-2-4-6-10/h2-6,9,11,14H,7-8H2,1H3,(H,21,28)(H,22,29)(H,25,30)(H,23,24,27)/b26-15-. The van der Waals surface area contributed by atoms with Gasteiger partial charge in [0.05, 0.1) is 6.04 Å². The molecule has 11 nitrogen and oxygen atoms in total. The van der Waals surface area contributed by atoms with Crippen molar-refractivity contribution in [1.82, 2.24) is 20.9 Å². The van der Waals surface area contributed by atoms with Crippen molar-refractivity contribution in [2.24, 2.45) is 5.16 Å². The van der Waals surface area contributed by atoms with Crippen LogP contribution in [0.4, 0.5) is 5.13 Å². The summed E-state index contributed by atoms with van der Waals surface area (Å²) in [6, 6.07) is 7.23. The van der Waals surface area contributed by atoms with E-state index >= 15 is 0 Å². The molecular weight excluding hydrogens is 460 g/mol. The molecule has 4 amide bonds. The highest BCUT2D eigenvalue weighted by Gasteiger charge is 2.41. The van der Waals surface area contributed by atoms with Crippen LogP contribution in [0.2, 0.25) is 0 Å². The maximum absolute atomic E-state index is 12.7. The predicted octanol–water partition coefficient (Wildman–Crippen LogP) is 0.0841. The molecule has 0 spiro atoms. The third kappa shape index (κ3) is 5.59. The molecule has 4 N–H and O–H groups in total. The van der Waals surface area contributed by atoms with Gasteiger partial charge in [-0.25, -0.2) is 4.98 Å². The van der Waals surface area contributed by atoms with Crippen LogP contribution < -0.4 is 21.3 Å². The number of thiazole rings is 1. The van der Waals surface area contributed by atoms with Crippen LogP contribution in [-0.4, -0.2) is 65.9 Å². The summed E-state index contributed by atoms with van der Waals surface area (Å²) >= 11 is 6.52. The molecule has 3 rings (SSSR count). The summed E-state index contributed by atoms with van der Waals surface area (Å²) in [6.45, 7) is 0.118. The molecule has 1 saturated heterocycles. The second-order valence-corrected chi connectivity index (χ2v) is 7.61. The number of hydrogen-bond donors (Lipinski definition) is 4. The molecule has 2 unspecified atom stereocenters. The number of rotatable bonds is 9. The number of carbonyl (C=O) groups excluding carboxylic acids is 4. The van der Waals surface area contributed by atoms with Crippen molar-refractivity contribution in [2.45, 2.75) is 12.1 Å². The number of hydrogen-bond acceptors (Lipinski definition) is 8. The minimum Gasteiger partial charge on any atom is -0.398 e. The van der Waals surface area contributed by atoms with E-state index in [0.29, 0.717) is 5.56 Å². The number of carbonyl (C=O) groups is 4. The van der Waals surface area contributed by atoms with E-state index in [1.54, 1.807) is 30.3 Å². The lowest BCUT2D eigenvalue weighted by atomic mass is 9.98. The third-order valence-electron chi connectivity index (χ3n) is 4.33. The number of benzene rings is 1. The van der Waals surface area contributed by atoms with Crippen molar-refractivity contribution >= 4 is 57.4 Å². The van der Waals surface area contributed by atoms with Crippen LogP contribution in [0, 0.1) is 0 Å². The van der Waals surface area contributed by atoms with E-state index in [-0.39, 0.29) is 34.9 Å². The van der Waals surface area contributed by atoms with Gasteiger partial charge < -0.3 is 26.1 Å². The van der Waals surface area contributed by atoms with Crippen molar-refractivity contribution in [1.29, 1.82) is 0 Å². The molecule has 0 aliphatic carbocycles. The molecular formula is C19H19ClN6O5S. The molecule has 1 aromatic heterocycles. The Hall–Kier alpha value is -3.51. The maximum Gasteiger partial charge on any atom is 0.276 e. The monoisotopic (exact) mass is 478 g/mol. The Balaban J connectivity index is 1.61. The number of nitrogens with one attached hydrogen (secondary N) is 4. The molecule has 1 aromatic carbocycles. The number of anilines is 1. The SMILES string of the molecule is CO/N=C(\C(=O)NC1C(=O)NC1CNC(=O)c1ccccc1)c1csc(NC(=O)CCl)n1. The summed E-state index contributed by atoms with van der Waals surface area (Å²) in [6.07, 6.45) is 0. The summed E-state index contributed by atoms with van der Waals surface area (Å²) in [4.78, 5) is 57.2. The molecule has 32 heavy (non-hydrogen) atoms. The second kappa shape index (κ2) is 10.7. The smallest absolute Gasteiger partial charge is 0.276 e. The topological polar surface area (TPSA) is 151 Å². The quantitative estimate of drug-likeness (QED) is 0.173. The first-order valence-corrected chi connectivity index (χ1v) is 10.7. The largest absolute Gasteiger partial charge is 0.398 e. The Bertz CT molecular complexity index is 1040. The molecule has 0 saturated carbocycles. The van der Waals surface area contributed by atoms with E-state index in [2.05, 4.69) is 31.4 Å². The molecule has 2 atom stereocenters. The fraction of sp³-hybridized carbons (Fsp3) is 0.263. The first-order chi connectivity index (χ1) is 15.4. The van der Waals surface area contributed by atoms with Crippen molar-refractivity contribution < 1.29 is 24.0 Å². The number of amides is 4. The number of oxime groups is 1. The average molecular weight is 479 g/mol. The van der Waals surface area contributed by atoms with Crippen LogP contribution in [0.5, 0.6) is 0 Å². The van der Waals surface area contributed by atoms with Gasteiger partial charge in [0, 0.05) is 17.5 Å². The van der Waals surface area contributed by atoms with Crippen molar-refractivity contribution in [3.05, 3.63) is 47.0 Å². The van der Waals surface area contributed by atoms with Gasteiger partial charge in [0.1, 0.15) is 24.7 Å². The second-order valence-electron chi connectivity index (χ2n) is 6.48. The zero-order valence-corrected chi connectivity index (χ0v) is 18.3. The van der Waals surface area contributed by atoms with Crippen LogP contribution in [-0.2, 0) is 19.2 Å². The zero-order chi connectivity index (χ0) is 23.1. The Morgan fingerprint density at radius 3 is 2.69 bits per heavy atom. The van der Waals surface area contributed by atoms with Crippen molar-refractivity contribution in [3.8, 4) is 0 Å². The van der Waals surface area contributed by atoms with E-state index < -0.39 is 29.8 Å². The molecule has 13 heteroatoms. The normalized spacial score (nSPS) is 17.6. The molecule has 0 bridgehead atoms. The Labute approximate surface area is 191 Å². The van der Waals surface area contributed by atoms with Gasteiger partial charge >= 0.3 is 0 Å². The van der Waals surface area contributed by atoms with Gasteiger partial charge in [-0.15, -0.1) is 22.9 Å². The molecule has 0 radical (unpaired) electrons. The number of nitrogens with zero attached hydrogens (tertiary/aromatic N) is 2. The first-order valence-electron chi connectivity index (χ1n) is 9.30. The summed E-state index contributed by atoms with van der Waals surface area (Å²) in [5.41, 5.74) is 0.448. The van der Waals surface area contributed by atoms with E-state index in [1.807, 2.05) is 0 Å². The average Bonchev–Trinajstić information content (AvgIpc) is 3.26. The lowest BCUT2D eigenvalue weighted by molar-refractivity contribution is -0.134. The van der Waals surface area contributed by atoms with Crippen LogP contribution in [0.3, 0.4) is 0 Å². The van der Waals surface area contributed by atoms with E-state index in [0.717, 1.165) is 11.3 Å². The summed E-state index contributed by atoms with van der Waals surface area (Å²) in [5, 5.41) is 15.8. The minimum absolute atomic E-state index is 0.118. The lowest BCUT2D eigenvalue weighted by Crippen LogP contribution is -2.72. The Morgan fingerprint density at radius 2 is 2.03 bits per heavy atom. The summed E-state index contributed by atoms with van der Waals surface area (Å²) in [5.74, 6) is -2.09. The molecule has 2 aromatic rings. The van der Waals surface area contributed by atoms with Gasteiger partial charge in [-0.1, -0.05) is 23.4 Å². The molecule has 1 aliphatic heterocycles. The van der Waals surface area contributed by atoms with Gasteiger partial charge in [0.25, 0.3) is 11.8 Å². The van der Waals surface area contributed by atoms with E-state index in [1.165, 1.54) is 12.5 Å². The van der Waals surface area contributed by atoms with Crippen LogP contribution in [0.15, 0.2) is 40.9 Å². The summed E-state index contributed by atoms with van der Waals surface area (Å²) in [7, 11) is 1.26. The third-order valence-corrected chi connectivity index (χ3v) is 5.33. The van der Waals surface area contributed by atoms with Crippen LogP contribution in [0.25, 0.3) is 0 Å². The molecule has 1 aliphatic rings.